The second-order valence-corrected chi connectivity index (χ2v) is 1.84. The fourth-order valence-corrected chi connectivity index (χ4v) is 0.714. The fraction of sp³-hybridized carbons (Fsp3) is 0.250. The zero-order chi connectivity index (χ0) is 5.82. The van der Waals surface area contributed by atoms with E-state index in [1.54, 1.807) is 0 Å². The van der Waals surface area contributed by atoms with Crippen LogP contribution in [0.1, 0.15) is 12.5 Å². The van der Waals surface area contributed by atoms with Gasteiger partial charge < -0.3 is 0 Å². The molecule has 0 amide bonds. The van der Waals surface area contributed by atoms with Crippen molar-refractivity contribution in [3.63, 3.8) is 0 Å². The van der Waals surface area contributed by atoms with Crippen LogP contribution in [0.25, 0.3) is 0 Å². The molecule has 1 rings (SSSR count). The van der Waals surface area contributed by atoms with E-state index in [-0.39, 0.29) is 42.0 Å². The van der Waals surface area contributed by atoms with E-state index in [9.17, 15) is 0 Å². The zero-order valence-corrected chi connectivity index (χ0v) is 6.32. The van der Waals surface area contributed by atoms with Gasteiger partial charge in [0.2, 0.25) is 0 Å². The SMILES string of the molecule is CCc1ccccc1.Cl.[NaH]. The first-order valence-electron chi connectivity index (χ1n) is 2.97. The summed E-state index contributed by atoms with van der Waals surface area (Å²) >= 11 is 0. The van der Waals surface area contributed by atoms with E-state index in [1.165, 1.54) is 5.56 Å². The van der Waals surface area contributed by atoms with Crippen LogP contribution in [0.15, 0.2) is 30.3 Å². The van der Waals surface area contributed by atoms with E-state index >= 15 is 0 Å². The summed E-state index contributed by atoms with van der Waals surface area (Å²) in [7, 11) is 0. The van der Waals surface area contributed by atoms with Crippen molar-refractivity contribution in [1.29, 1.82) is 0 Å². The maximum absolute atomic E-state index is 2.16. The van der Waals surface area contributed by atoms with Gasteiger partial charge in [-0.25, -0.2) is 0 Å². The van der Waals surface area contributed by atoms with Crippen LogP contribution in [0.2, 0.25) is 0 Å². The van der Waals surface area contributed by atoms with Crippen LogP contribution >= 0.6 is 12.4 Å². The van der Waals surface area contributed by atoms with Gasteiger partial charge in [-0.15, -0.1) is 12.4 Å². The normalized spacial score (nSPS) is 7.30. The molecule has 0 nitrogen and oxygen atoms in total. The molecule has 0 unspecified atom stereocenters. The Balaban J connectivity index is 0. The molecule has 0 aliphatic carbocycles. The molecule has 1 aromatic rings. The van der Waals surface area contributed by atoms with Crippen LogP contribution in [-0.2, 0) is 6.42 Å². The minimum absolute atomic E-state index is 0. The second kappa shape index (κ2) is 7.62. The van der Waals surface area contributed by atoms with Crippen LogP contribution in [0, 0.1) is 0 Å². The predicted octanol–water partition coefficient (Wildman–Crippen LogP) is 2.02. The molecule has 0 aromatic heterocycles. The van der Waals surface area contributed by atoms with Crippen molar-refractivity contribution in [2.45, 2.75) is 13.3 Å². The first-order valence-corrected chi connectivity index (χ1v) is 2.97. The second-order valence-electron chi connectivity index (χ2n) is 1.84. The van der Waals surface area contributed by atoms with Crippen molar-refractivity contribution in [2.24, 2.45) is 0 Å². The molecular weight excluding hydrogens is 155 g/mol. The van der Waals surface area contributed by atoms with Crippen LogP contribution in [0.4, 0.5) is 0 Å². The van der Waals surface area contributed by atoms with E-state index in [2.05, 4.69) is 31.2 Å². The molecule has 0 aliphatic heterocycles. The standard InChI is InChI=1S/C8H10.ClH.Na.H/c1-2-8-6-4-3-5-7-8;;;/h3-7H,2H2,1H3;1H;;. The Hall–Kier alpha value is 0.510. The zero-order valence-electron chi connectivity index (χ0n) is 5.50. The quantitative estimate of drug-likeness (QED) is 0.560. The molecule has 0 spiro atoms. The first kappa shape index (κ1) is 13.1. The van der Waals surface area contributed by atoms with Crippen molar-refractivity contribution >= 4 is 42.0 Å². The third-order valence-electron chi connectivity index (χ3n) is 1.25. The molecule has 0 heterocycles. The molecule has 0 saturated carbocycles. The van der Waals surface area contributed by atoms with Crippen molar-refractivity contribution in [3.8, 4) is 0 Å². The molecule has 10 heavy (non-hydrogen) atoms. The van der Waals surface area contributed by atoms with Crippen molar-refractivity contribution < 1.29 is 0 Å². The third kappa shape index (κ3) is 4.35. The summed E-state index contributed by atoms with van der Waals surface area (Å²) in [5.74, 6) is 0. The van der Waals surface area contributed by atoms with Gasteiger partial charge in [-0.05, 0) is 12.0 Å². The maximum atomic E-state index is 2.16. The number of hydrogen-bond donors (Lipinski definition) is 0. The predicted molar refractivity (Wildman–Crippen MR) is 50.2 cm³/mol. The van der Waals surface area contributed by atoms with Gasteiger partial charge in [0, 0.05) is 0 Å². The molecule has 0 fully saturated rings. The Morgan fingerprint density at radius 3 is 1.90 bits per heavy atom. The monoisotopic (exact) mass is 166 g/mol. The van der Waals surface area contributed by atoms with Crippen molar-refractivity contribution in [1.82, 2.24) is 0 Å². The topological polar surface area (TPSA) is 0 Å². The summed E-state index contributed by atoms with van der Waals surface area (Å²) in [4.78, 5) is 0. The van der Waals surface area contributed by atoms with E-state index in [1.807, 2.05) is 6.07 Å². The van der Waals surface area contributed by atoms with Gasteiger partial charge in [-0.3, -0.25) is 0 Å². The Morgan fingerprint density at radius 1 is 1.10 bits per heavy atom. The fourth-order valence-electron chi connectivity index (χ4n) is 0.714. The number of benzene rings is 1. The van der Waals surface area contributed by atoms with Gasteiger partial charge in [0.05, 0.1) is 0 Å². The Morgan fingerprint density at radius 2 is 1.60 bits per heavy atom. The number of rotatable bonds is 1. The Kier molecular flexibility index (Phi) is 10.00. The van der Waals surface area contributed by atoms with Gasteiger partial charge in [-0.1, -0.05) is 37.3 Å². The van der Waals surface area contributed by atoms with E-state index in [4.69, 9.17) is 0 Å². The minimum atomic E-state index is 0. The van der Waals surface area contributed by atoms with Crippen LogP contribution < -0.4 is 0 Å². The van der Waals surface area contributed by atoms with Crippen molar-refractivity contribution in [2.75, 3.05) is 0 Å². The van der Waals surface area contributed by atoms with E-state index in [0.29, 0.717) is 0 Å². The summed E-state index contributed by atoms with van der Waals surface area (Å²) in [5.41, 5.74) is 1.41. The molecule has 0 saturated heterocycles. The molecule has 0 N–H and O–H groups in total. The number of hydrogen-bond acceptors (Lipinski definition) is 0. The van der Waals surface area contributed by atoms with Gasteiger partial charge >= 0.3 is 29.6 Å². The summed E-state index contributed by atoms with van der Waals surface area (Å²) in [5, 5.41) is 0. The van der Waals surface area contributed by atoms with E-state index < -0.39 is 0 Å². The number of aryl methyl sites for hydroxylation is 1. The molecule has 52 valence electrons. The summed E-state index contributed by atoms with van der Waals surface area (Å²) in [6, 6.07) is 10.5. The third-order valence-corrected chi connectivity index (χ3v) is 1.25. The van der Waals surface area contributed by atoms with Crippen LogP contribution in [0.5, 0.6) is 0 Å². The molecular formula is C8H12ClNa. The average Bonchev–Trinajstić information content (AvgIpc) is 1.90. The van der Waals surface area contributed by atoms with Gasteiger partial charge in [0.25, 0.3) is 0 Å². The summed E-state index contributed by atoms with van der Waals surface area (Å²) in [6.45, 7) is 2.16. The molecule has 0 atom stereocenters. The van der Waals surface area contributed by atoms with Crippen LogP contribution in [0.3, 0.4) is 0 Å². The molecule has 0 aliphatic rings. The van der Waals surface area contributed by atoms with Crippen molar-refractivity contribution in [3.05, 3.63) is 35.9 Å². The Bertz CT molecular complexity index is 151. The summed E-state index contributed by atoms with van der Waals surface area (Å²) in [6.07, 6.45) is 1.14. The Labute approximate surface area is 90.7 Å². The van der Waals surface area contributed by atoms with Crippen LogP contribution in [-0.4, -0.2) is 29.6 Å². The average molecular weight is 167 g/mol. The van der Waals surface area contributed by atoms with Gasteiger partial charge in [0.15, 0.2) is 0 Å². The molecule has 2 heteroatoms. The number of halogens is 1. The summed E-state index contributed by atoms with van der Waals surface area (Å²) < 4.78 is 0. The molecule has 1 aromatic carbocycles. The molecule has 0 bridgehead atoms. The van der Waals surface area contributed by atoms with E-state index in [0.717, 1.165) is 6.42 Å². The first-order chi connectivity index (χ1) is 3.93. The van der Waals surface area contributed by atoms with Gasteiger partial charge in [-0.2, -0.15) is 0 Å². The molecule has 0 radical (unpaired) electrons. The van der Waals surface area contributed by atoms with Gasteiger partial charge in [0.1, 0.15) is 0 Å².